The first kappa shape index (κ1) is 47.3. The van der Waals surface area contributed by atoms with Crippen molar-refractivity contribution >= 4 is 50.8 Å². The van der Waals surface area contributed by atoms with Crippen LogP contribution in [0.3, 0.4) is 0 Å². The van der Waals surface area contributed by atoms with Crippen molar-refractivity contribution in [2.75, 3.05) is 7.11 Å². The van der Waals surface area contributed by atoms with Crippen LogP contribution >= 0.6 is 0 Å². The quantitative estimate of drug-likeness (QED) is 0.0751. The highest BCUT2D eigenvalue weighted by Crippen LogP contribution is 2.37. The van der Waals surface area contributed by atoms with Gasteiger partial charge in [-0.1, -0.05) is 101 Å². The lowest BCUT2D eigenvalue weighted by Crippen LogP contribution is -2.57. The zero-order chi connectivity index (χ0) is 46.1. The number of carbonyl (C=O) groups is 4. The van der Waals surface area contributed by atoms with Gasteiger partial charge in [-0.3, -0.25) is 14.4 Å². The fourth-order valence-electron chi connectivity index (χ4n) is 6.56. The normalized spacial score (nSPS) is 13.1. The monoisotopic (exact) mass is 877 g/mol. The molecule has 1 aromatic heterocycles. The van der Waals surface area contributed by atoms with E-state index < -0.39 is 63.0 Å². The van der Waals surface area contributed by atoms with E-state index in [0.717, 1.165) is 5.56 Å². The van der Waals surface area contributed by atoms with Crippen LogP contribution in [0.1, 0.15) is 78.5 Å². The maximum Gasteiger partial charge on any atom is 0.408 e. The first-order valence-electron chi connectivity index (χ1n) is 20.4. The zero-order valence-corrected chi connectivity index (χ0v) is 37.6. The molecule has 0 saturated heterocycles. The minimum atomic E-state index is -4.29. The summed E-state index contributed by atoms with van der Waals surface area (Å²) in [5, 5.41) is 8.79. The smallest absolute Gasteiger partial charge is 0.408 e. The number of aromatic nitrogens is 1. The Morgan fingerprint density at radius 2 is 1.44 bits per heavy atom. The average molecular weight is 878 g/mol. The van der Waals surface area contributed by atoms with Gasteiger partial charge in [-0.05, 0) is 74.6 Å². The molecule has 14 nitrogen and oxygen atoms in total. The average Bonchev–Trinajstić information content (AvgIpc) is 3.23. The van der Waals surface area contributed by atoms with Gasteiger partial charge in [0, 0.05) is 28.6 Å². The summed E-state index contributed by atoms with van der Waals surface area (Å²) in [6, 6.07) is 25.1. The standard InChI is InChI=1S/C48H55N5O9S/c1-10-18-36(43(54)53-63(58,59)34-21-16-13-17-22-34)50-44(55)41(51-45(56)42(47(3,4)5)52-46(57)62-48(6,7)8)32-23-26-39(30(11-2)27-32)61-40-29-37(31-19-14-12-15-20-31)49-38-28-33(60-9)24-25-35(38)40/h11-17,19-29,36,41-42H,2,10,18H2,1,3-9H3,(H,50,55)(H,51,56)(H,52,57)(H,53,54)/t36-,41-,42+/m0/s1. The number of hydrogen-bond acceptors (Lipinski definition) is 10. The third-order valence-corrected chi connectivity index (χ3v) is 11.1. The number of carbonyl (C=O) groups excluding carboxylic acids is 4. The third kappa shape index (κ3) is 12.4. The number of amides is 4. The van der Waals surface area contributed by atoms with E-state index in [2.05, 4.69) is 27.3 Å². The maximum atomic E-state index is 14.5. The van der Waals surface area contributed by atoms with Crippen LogP contribution in [0.4, 0.5) is 4.79 Å². The van der Waals surface area contributed by atoms with E-state index in [0.29, 0.717) is 45.8 Å². The Morgan fingerprint density at radius 3 is 2.05 bits per heavy atom. The number of nitrogens with zero attached hydrogens (tertiary/aromatic N) is 1. The van der Waals surface area contributed by atoms with E-state index in [9.17, 15) is 27.6 Å². The number of rotatable bonds is 16. The molecule has 0 aliphatic heterocycles. The summed E-state index contributed by atoms with van der Waals surface area (Å²) < 4.78 is 45.9. The minimum absolute atomic E-state index is 0.0643. The van der Waals surface area contributed by atoms with Crippen molar-refractivity contribution in [2.24, 2.45) is 5.41 Å². The Kier molecular flexibility index (Phi) is 15.0. The summed E-state index contributed by atoms with van der Waals surface area (Å²) in [6.07, 6.45) is 1.14. The van der Waals surface area contributed by atoms with Gasteiger partial charge >= 0.3 is 6.09 Å². The Bertz CT molecular complexity index is 2570. The zero-order valence-electron chi connectivity index (χ0n) is 36.8. The second-order valence-corrected chi connectivity index (χ2v) is 18.6. The van der Waals surface area contributed by atoms with E-state index in [-0.39, 0.29) is 16.9 Å². The van der Waals surface area contributed by atoms with Crippen LogP contribution < -0.4 is 30.1 Å². The third-order valence-electron chi connectivity index (χ3n) is 9.69. The summed E-state index contributed by atoms with van der Waals surface area (Å²) in [7, 11) is -2.71. The molecule has 0 bridgehead atoms. The van der Waals surface area contributed by atoms with Crippen LogP contribution in [0.5, 0.6) is 17.2 Å². The number of pyridine rings is 1. The summed E-state index contributed by atoms with van der Waals surface area (Å²) in [5.74, 6) is -1.09. The largest absolute Gasteiger partial charge is 0.497 e. The molecule has 4 amide bonds. The molecule has 0 fully saturated rings. The molecule has 332 valence electrons. The van der Waals surface area contributed by atoms with Crippen LogP contribution in [-0.4, -0.2) is 62.0 Å². The molecule has 5 rings (SSSR count). The molecule has 0 saturated carbocycles. The minimum Gasteiger partial charge on any atom is -0.497 e. The molecule has 0 spiro atoms. The lowest BCUT2D eigenvalue weighted by Gasteiger charge is -2.33. The van der Waals surface area contributed by atoms with E-state index in [1.165, 1.54) is 30.3 Å². The van der Waals surface area contributed by atoms with Crippen molar-refractivity contribution in [3.8, 4) is 28.5 Å². The summed E-state index contributed by atoms with van der Waals surface area (Å²) in [6.45, 7) is 16.1. The first-order chi connectivity index (χ1) is 29.7. The second-order valence-electron chi connectivity index (χ2n) is 16.9. The topological polar surface area (TPSA) is 191 Å². The van der Waals surface area contributed by atoms with Crippen LogP contribution in [0.25, 0.3) is 28.2 Å². The molecule has 1 heterocycles. The van der Waals surface area contributed by atoms with Gasteiger partial charge in [-0.2, -0.15) is 0 Å². The van der Waals surface area contributed by atoms with Gasteiger partial charge in [-0.25, -0.2) is 22.9 Å². The van der Waals surface area contributed by atoms with Gasteiger partial charge < -0.3 is 30.2 Å². The van der Waals surface area contributed by atoms with Gasteiger partial charge in [0.25, 0.3) is 15.9 Å². The molecule has 0 radical (unpaired) electrons. The number of methoxy groups -OCH3 is 1. The molecular formula is C48H55N5O9S. The van der Waals surface area contributed by atoms with E-state index in [4.69, 9.17) is 19.2 Å². The number of fused-ring (bicyclic) bond motifs is 1. The molecule has 63 heavy (non-hydrogen) atoms. The van der Waals surface area contributed by atoms with Crippen molar-refractivity contribution in [1.82, 2.24) is 25.7 Å². The Labute approximate surface area is 368 Å². The molecule has 0 aliphatic rings. The number of ether oxygens (including phenoxy) is 3. The highest BCUT2D eigenvalue weighted by molar-refractivity contribution is 7.90. The molecule has 0 unspecified atom stereocenters. The van der Waals surface area contributed by atoms with Crippen molar-refractivity contribution in [3.05, 3.63) is 121 Å². The second kappa shape index (κ2) is 20.0. The lowest BCUT2D eigenvalue weighted by molar-refractivity contribution is -0.133. The summed E-state index contributed by atoms with van der Waals surface area (Å²) >= 11 is 0. The molecule has 5 aromatic rings. The maximum absolute atomic E-state index is 14.5. The predicted molar refractivity (Wildman–Crippen MR) is 242 cm³/mol. The fraction of sp³-hybridized carbons (Fsp3) is 0.312. The van der Waals surface area contributed by atoms with Crippen LogP contribution in [0.2, 0.25) is 0 Å². The van der Waals surface area contributed by atoms with Gasteiger partial charge in [0.05, 0.1) is 23.2 Å². The van der Waals surface area contributed by atoms with Crippen LogP contribution in [0, 0.1) is 5.41 Å². The highest BCUT2D eigenvalue weighted by atomic mass is 32.2. The van der Waals surface area contributed by atoms with Crippen molar-refractivity contribution in [2.45, 2.75) is 89.9 Å². The van der Waals surface area contributed by atoms with Gasteiger partial charge in [0.1, 0.15) is 41.0 Å². The number of sulfonamides is 1. The Morgan fingerprint density at radius 1 is 0.778 bits per heavy atom. The molecule has 15 heteroatoms. The molecule has 4 aromatic carbocycles. The Hall–Kier alpha value is -6.74. The predicted octanol–water partition coefficient (Wildman–Crippen LogP) is 8.23. The van der Waals surface area contributed by atoms with E-state index in [1.807, 2.05) is 48.5 Å². The number of nitrogens with one attached hydrogen (secondary N) is 4. The first-order valence-corrected chi connectivity index (χ1v) is 21.9. The molecule has 0 aliphatic carbocycles. The molecular weight excluding hydrogens is 823 g/mol. The number of hydrogen-bond donors (Lipinski definition) is 4. The SMILES string of the molecule is C=Cc1cc([C@H](NC(=O)[C@@H](NC(=O)OC(C)(C)C)C(C)(C)C)C(=O)N[C@@H](CCC)C(=O)NS(=O)(=O)c2ccccc2)ccc1Oc1cc(-c2ccccc2)nc2cc(OC)ccc12. The molecule has 4 N–H and O–H groups in total. The number of alkyl carbamates (subject to hydrolysis) is 1. The van der Waals surface area contributed by atoms with E-state index in [1.54, 1.807) is 85.9 Å². The Balaban J connectivity index is 1.54. The van der Waals surface area contributed by atoms with Crippen molar-refractivity contribution < 1.29 is 41.8 Å². The fourth-order valence-corrected chi connectivity index (χ4v) is 7.60. The van der Waals surface area contributed by atoms with Gasteiger partial charge in [0.15, 0.2) is 0 Å². The number of benzene rings is 4. The lowest BCUT2D eigenvalue weighted by atomic mass is 9.86. The van der Waals surface area contributed by atoms with Gasteiger partial charge in [0.2, 0.25) is 11.8 Å². The van der Waals surface area contributed by atoms with Crippen LogP contribution in [-0.2, 0) is 29.1 Å². The summed E-state index contributed by atoms with van der Waals surface area (Å²) in [4.78, 5) is 60.1. The highest BCUT2D eigenvalue weighted by Gasteiger charge is 2.38. The van der Waals surface area contributed by atoms with Crippen molar-refractivity contribution in [1.29, 1.82) is 0 Å². The van der Waals surface area contributed by atoms with Crippen molar-refractivity contribution in [3.63, 3.8) is 0 Å². The van der Waals surface area contributed by atoms with E-state index >= 15 is 0 Å². The van der Waals surface area contributed by atoms with Gasteiger partial charge in [-0.15, -0.1) is 0 Å². The van der Waals surface area contributed by atoms with Crippen LogP contribution in [0.15, 0.2) is 115 Å². The summed E-state index contributed by atoms with van der Waals surface area (Å²) in [5.41, 5.74) is 1.09. The molecule has 3 atom stereocenters.